The molecule has 0 aliphatic carbocycles. The van der Waals surface area contributed by atoms with E-state index in [1.165, 1.54) is 11.3 Å². The Morgan fingerprint density at radius 1 is 1.57 bits per heavy atom. The van der Waals surface area contributed by atoms with Crippen LogP contribution >= 0.6 is 38.9 Å². The number of carbonyl (C=O) groups excluding carboxylic acids is 1. The number of amides is 1. The molecule has 0 fully saturated rings. The third-order valence-corrected chi connectivity index (χ3v) is 5.24. The largest absolute Gasteiger partial charge is 0.382 e. The molecular formula is C13H14BrClN4OS. The molecule has 21 heavy (non-hydrogen) atoms. The summed E-state index contributed by atoms with van der Waals surface area (Å²) in [6, 6.07) is 5.19. The third kappa shape index (κ3) is 3.66. The van der Waals surface area contributed by atoms with Crippen LogP contribution in [0.1, 0.15) is 16.6 Å². The number of hydrogen-bond donors (Lipinski definition) is 2. The van der Waals surface area contributed by atoms with Gasteiger partial charge >= 0.3 is 0 Å². The first-order chi connectivity index (χ1) is 9.92. The number of nitrogen functional groups attached to an aromatic ring is 1. The second kappa shape index (κ2) is 6.64. The van der Waals surface area contributed by atoms with Crippen molar-refractivity contribution in [1.82, 2.24) is 4.98 Å². The molecule has 0 radical (unpaired) electrons. The van der Waals surface area contributed by atoms with Crippen LogP contribution in [0.3, 0.4) is 0 Å². The predicted molar refractivity (Wildman–Crippen MR) is 92.6 cm³/mol. The number of thiazole rings is 1. The second-order valence-electron chi connectivity index (χ2n) is 4.31. The van der Waals surface area contributed by atoms with E-state index in [0.29, 0.717) is 20.7 Å². The van der Waals surface area contributed by atoms with Gasteiger partial charge in [0.15, 0.2) is 5.13 Å². The minimum absolute atomic E-state index is 0.232. The van der Waals surface area contributed by atoms with Crippen molar-refractivity contribution < 1.29 is 4.79 Å². The molecule has 8 heteroatoms. The van der Waals surface area contributed by atoms with Gasteiger partial charge in [0.2, 0.25) is 0 Å². The van der Waals surface area contributed by atoms with Gasteiger partial charge < -0.3 is 16.0 Å². The Kier molecular flexibility index (Phi) is 5.08. The van der Waals surface area contributed by atoms with E-state index >= 15 is 0 Å². The van der Waals surface area contributed by atoms with Gasteiger partial charge in [-0.1, -0.05) is 22.9 Å². The SMILES string of the molecule is CCN(C)c1nc(N)c(C(=O)Nc2ccc(Br)c(Cl)c2)s1. The molecule has 1 heterocycles. The molecule has 3 N–H and O–H groups in total. The number of anilines is 3. The number of carbonyl (C=O) groups is 1. The lowest BCUT2D eigenvalue weighted by Crippen LogP contribution is -2.15. The van der Waals surface area contributed by atoms with Gasteiger partial charge in [0, 0.05) is 23.8 Å². The van der Waals surface area contributed by atoms with E-state index < -0.39 is 0 Å². The standard InChI is InChI=1S/C13H14BrClN4OS/c1-3-19(2)13-18-11(16)10(21-13)12(20)17-7-4-5-8(14)9(15)6-7/h4-6H,3,16H2,1-2H3,(H,17,20). The Morgan fingerprint density at radius 2 is 2.29 bits per heavy atom. The smallest absolute Gasteiger partial charge is 0.269 e. The molecule has 5 nitrogen and oxygen atoms in total. The van der Waals surface area contributed by atoms with E-state index in [-0.39, 0.29) is 11.7 Å². The fourth-order valence-electron chi connectivity index (χ4n) is 1.54. The molecule has 1 aromatic carbocycles. The van der Waals surface area contributed by atoms with Crippen molar-refractivity contribution in [2.24, 2.45) is 0 Å². The average molecular weight is 390 g/mol. The van der Waals surface area contributed by atoms with Gasteiger partial charge in [0.25, 0.3) is 5.91 Å². The Hall–Kier alpha value is -1.31. The van der Waals surface area contributed by atoms with Crippen LogP contribution in [0.2, 0.25) is 5.02 Å². The zero-order chi connectivity index (χ0) is 15.6. The number of benzene rings is 1. The molecule has 0 aliphatic heterocycles. The quantitative estimate of drug-likeness (QED) is 0.833. The summed E-state index contributed by atoms with van der Waals surface area (Å²) in [4.78, 5) is 18.8. The Morgan fingerprint density at radius 3 is 2.90 bits per heavy atom. The molecule has 2 aromatic rings. The zero-order valence-electron chi connectivity index (χ0n) is 11.5. The maximum Gasteiger partial charge on any atom is 0.269 e. The monoisotopic (exact) mass is 388 g/mol. The van der Waals surface area contributed by atoms with Crippen molar-refractivity contribution in [3.63, 3.8) is 0 Å². The van der Waals surface area contributed by atoms with Crippen molar-refractivity contribution in [1.29, 1.82) is 0 Å². The molecule has 2 rings (SSSR count). The zero-order valence-corrected chi connectivity index (χ0v) is 14.6. The summed E-state index contributed by atoms with van der Waals surface area (Å²) in [5, 5.41) is 4.01. The van der Waals surface area contributed by atoms with Gasteiger partial charge in [-0.3, -0.25) is 4.79 Å². The number of nitrogens with zero attached hydrogens (tertiary/aromatic N) is 2. The maximum atomic E-state index is 12.3. The van der Waals surface area contributed by atoms with Crippen LogP contribution < -0.4 is 16.0 Å². The number of nitrogens with one attached hydrogen (secondary N) is 1. The molecule has 112 valence electrons. The number of halogens is 2. The van der Waals surface area contributed by atoms with E-state index in [4.69, 9.17) is 17.3 Å². The van der Waals surface area contributed by atoms with Crippen LogP contribution in [0.4, 0.5) is 16.6 Å². The Labute approximate surface area is 140 Å². The molecule has 0 spiro atoms. The number of nitrogens with two attached hydrogens (primary N) is 1. The fraction of sp³-hybridized carbons (Fsp3) is 0.231. The highest BCUT2D eigenvalue weighted by atomic mass is 79.9. The highest BCUT2D eigenvalue weighted by Crippen LogP contribution is 2.29. The van der Waals surface area contributed by atoms with Crippen LogP contribution in [0.15, 0.2) is 22.7 Å². The minimum Gasteiger partial charge on any atom is -0.382 e. The van der Waals surface area contributed by atoms with Crippen molar-refractivity contribution in [2.75, 3.05) is 29.5 Å². The van der Waals surface area contributed by atoms with Crippen molar-refractivity contribution >= 4 is 61.4 Å². The lowest BCUT2D eigenvalue weighted by molar-refractivity contribution is 0.103. The summed E-state index contributed by atoms with van der Waals surface area (Å²) < 4.78 is 0.770. The Bertz CT molecular complexity index is 676. The van der Waals surface area contributed by atoms with Crippen molar-refractivity contribution in [3.8, 4) is 0 Å². The maximum absolute atomic E-state index is 12.3. The molecule has 1 amide bonds. The first-order valence-corrected chi connectivity index (χ1v) is 8.15. The van der Waals surface area contributed by atoms with E-state index in [1.807, 2.05) is 18.9 Å². The topological polar surface area (TPSA) is 71.2 Å². The third-order valence-electron chi connectivity index (χ3n) is 2.83. The molecule has 0 bridgehead atoms. The molecule has 0 saturated heterocycles. The highest BCUT2D eigenvalue weighted by Gasteiger charge is 2.18. The van der Waals surface area contributed by atoms with E-state index in [0.717, 1.165) is 11.0 Å². The molecule has 0 aliphatic rings. The number of aromatic nitrogens is 1. The van der Waals surface area contributed by atoms with Crippen molar-refractivity contribution in [3.05, 3.63) is 32.6 Å². The van der Waals surface area contributed by atoms with Crippen LogP contribution in [0, 0.1) is 0 Å². The van der Waals surface area contributed by atoms with E-state index in [9.17, 15) is 4.79 Å². The van der Waals surface area contributed by atoms with Crippen molar-refractivity contribution in [2.45, 2.75) is 6.92 Å². The molecule has 0 unspecified atom stereocenters. The molecule has 0 saturated carbocycles. The van der Waals surface area contributed by atoms with Gasteiger partial charge in [-0.05, 0) is 41.1 Å². The van der Waals surface area contributed by atoms with Gasteiger partial charge in [-0.25, -0.2) is 4.98 Å². The van der Waals surface area contributed by atoms with Gasteiger partial charge in [-0.15, -0.1) is 0 Å². The lowest BCUT2D eigenvalue weighted by Gasteiger charge is -2.10. The molecule has 0 atom stereocenters. The summed E-state index contributed by atoms with van der Waals surface area (Å²) in [6.07, 6.45) is 0. The minimum atomic E-state index is -0.292. The number of hydrogen-bond acceptors (Lipinski definition) is 5. The highest BCUT2D eigenvalue weighted by molar-refractivity contribution is 9.10. The normalized spacial score (nSPS) is 10.5. The molecule has 1 aromatic heterocycles. The predicted octanol–water partition coefficient (Wildman–Crippen LogP) is 3.85. The van der Waals surface area contributed by atoms with E-state index in [1.54, 1.807) is 18.2 Å². The Balaban J connectivity index is 2.20. The first-order valence-electron chi connectivity index (χ1n) is 6.16. The lowest BCUT2D eigenvalue weighted by atomic mass is 10.3. The second-order valence-corrected chi connectivity index (χ2v) is 6.55. The summed E-state index contributed by atoms with van der Waals surface area (Å²) >= 11 is 10.6. The average Bonchev–Trinajstić information content (AvgIpc) is 2.84. The molecular weight excluding hydrogens is 376 g/mol. The first kappa shape index (κ1) is 16.1. The van der Waals surface area contributed by atoms with E-state index in [2.05, 4.69) is 26.2 Å². The summed E-state index contributed by atoms with van der Waals surface area (Å²) in [5.41, 5.74) is 6.42. The van der Waals surface area contributed by atoms with Gasteiger partial charge in [0.1, 0.15) is 10.7 Å². The van der Waals surface area contributed by atoms with Gasteiger partial charge in [-0.2, -0.15) is 0 Å². The van der Waals surface area contributed by atoms with Crippen LogP contribution in [-0.4, -0.2) is 24.5 Å². The summed E-state index contributed by atoms with van der Waals surface area (Å²) in [7, 11) is 1.90. The van der Waals surface area contributed by atoms with Crippen LogP contribution in [0.25, 0.3) is 0 Å². The van der Waals surface area contributed by atoms with Gasteiger partial charge in [0.05, 0.1) is 5.02 Å². The summed E-state index contributed by atoms with van der Waals surface area (Å²) in [6.45, 7) is 2.79. The summed E-state index contributed by atoms with van der Waals surface area (Å²) in [5.74, 6) is -0.0600. The van der Waals surface area contributed by atoms with Crippen LogP contribution in [-0.2, 0) is 0 Å². The number of rotatable bonds is 4. The van der Waals surface area contributed by atoms with Crippen LogP contribution in [0.5, 0.6) is 0 Å². The fourth-order valence-corrected chi connectivity index (χ4v) is 2.88.